The lowest BCUT2D eigenvalue weighted by Crippen LogP contribution is -2.13. The Balaban J connectivity index is 2.21. The third-order valence-corrected chi connectivity index (χ3v) is 2.94. The van der Waals surface area contributed by atoms with Gasteiger partial charge < -0.3 is 5.32 Å². The van der Waals surface area contributed by atoms with Gasteiger partial charge in [-0.15, -0.1) is 0 Å². The maximum absolute atomic E-state index is 4.61. The average molecular weight is 190 g/mol. The van der Waals surface area contributed by atoms with E-state index in [2.05, 4.69) is 29.4 Å². The highest BCUT2D eigenvalue weighted by Crippen LogP contribution is 2.35. The third-order valence-electron chi connectivity index (χ3n) is 2.94. The van der Waals surface area contributed by atoms with Gasteiger partial charge in [0.25, 0.3) is 0 Å². The smallest absolute Gasteiger partial charge is 0.0440 e. The maximum atomic E-state index is 4.61. The molecule has 0 unspecified atom stereocenters. The second kappa shape index (κ2) is 4.09. The molecule has 1 aliphatic carbocycles. The van der Waals surface area contributed by atoms with E-state index >= 15 is 0 Å². The molecular formula is C12H18N2. The minimum atomic E-state index is 0.741. The lowest BCUT2D eigenvalue weighted by Gasteiger charge is -2.25. The molecule has 76 valence electrons. The molecule has 1 aromatic heterocycles. The van der Waals surface area contributed by atoms with Crippen LogP contribution in [0.25, 0.3) is 0 Å². The summed E-state index contributed by atoms with van der Waals surface area (Å²) in [5.74, 6) is 0.741. The number of aromatic nitrogens is 1. The number of nitrogens with one attached hydrogen (secondary N) is 1. The van der Waals surface area contributed by atoms with Gasteiger partial charge in [-0.25, -0.2) is 0 Å². The van der Waals surface area contributed by atoms with Crippen LogP contribution in [-0.2, 0) is 6.54 Å². The first-order chi connectivity index (χ1) is 6.79. The molecule has 1 fully saturated rings. The van der Waals surface area contributed by atoms with Gasteiger partial charge in [0.1, 0.15) is 0 Å². The van der Waals surface area contributed by atoms with Gasteiger partial charge in [-0.05, 0) is 44.5 Å². The number of pyridine rings is 1. The molecule has 2 rings (SSSR count). The second-order valence-electron chi connectivity index (χ2n) is 4.20. The van der Waals surface area contributed by atoms with Gasteiger partial charge in [-0.1, -0.05) is 6.42 Å². The summed E-state index contributed by atoms with van der Waals surface area (Å²) in [4.78, 5) is 4.61. The second-order valence-corrected chi connectivity index (χ2v) is 4.20. The first kappa shape index (κ1) is 9.66. The third kappa shape index (κ3) is 1.95. The summed E-state index contributed by atoms with van der Waals surface area (Å²) in [6.07, 6.45) is 4.03. The molecule has 0 atom stereocenters. The van der Waals surface area contributed by atoms with E-state index in [1.54, 1.807) is 0 Å². The van der Waals surface area contributed by atoms with Crippen molar-refractivity contribution in [3.8, 4) is 0 Å². The Bertz CT molecular complexity index is 316. The first-order valence-corrected chi connectivity index (χ1v) is 5.41. The van der Waals surface area contributed by atoms with Crippen molar-refractivity contribution in [1.82, 2.24) is 10.3 Å². The lowest BCUT2D eigenvalue weighted by atomic mass is 9.82. The predicted molar refractivity (Wildman–Crippen MR) is 58.3 cm³/mol. The Morgan fingerprint density at radius 1 is 1.43 bits per heavy atom. The van der Waals surface area contributed by atoms with Crippen molar-refractivity contribution in [3.63, 3.8) is 0 Å². The maximum Gasteiger partial charge on any atom is 0.0440 e. The van der Waals surface area contributed by atoms with Crippen molar-refractivity contribution in [2.45, 2.75) is 38.6 Å². The molecule has 14 heavy (non-hydrogen) atoms. The summed E-state index contributed by atoms with van der Waals surface area (Å²) in [5.41, 5.74) is 3.82. The number of nitrogens with zero attached hydrogens (tertiary/aromatic N) is 1. The molecule has 1 aromatic rings. The Labute approximate surface area is 85.7 Å². The summed E-state index contributed by atoms with van der Waals surface area (Å²) in [7, 11) is 1.98. The van der Waals surface area contributed by atoms with E-state index in [4.69, 9.17) is 0 Å². The minimum Gasteiger partial charge on any atom is -0.316 e. The van der Waals surface area contributed by atoms with Crippen LogP contribution in [0.15, 0.2) is 12.1 Å². The highest BCUT2D eigenvalue weighted by molar-refractivity contribution is 5.24. The standard InChI is InChI=1S/C12H18N2/c1-9-6-10(8-13-2)7-12(14-9)11-4-3-5-11/h6-7,11,13H,3-5,8H2,1-2H3. The van der Waals surface area contributed by atoms with Crippen LogP contribution in [0.2, 0.25) is 0 Å². The van der Waals surface area contributed by atoms with Crippen LogP contribution in [0.4, 0.5) is 0 Å². The summed E-state index contributed by atoms with van der Waals surface area (Å²) >= 11 is 0. The van der Waals surface area contributed by atoms with Crippen molar-refractivity contribution in [2.75, 3.05) is 7.05 Å². The SMILES string of the molecule is CNCc1cc(C)nc(C2CCC2)c1. The topological polar surface area (TPSA) is 24.9 Å². The van der Waals surface area contributed by atoms with Crippen molar-refractivity contribution in [3.05, 3.63) is 29.1 Å². The van der Waals surface area contributed by atoms with Gasteiger partial charge in [-0.2, -0.15) is 0 Å². The van der Waals surface area contributed by atoms with Gasteiger partial charge in [-0.3, -0.25) is 4.98 Å². The van der Waals surface area contributed by atoms with Gasteiger partial charge >= 0.3 is 0 Å². The van der Waals surface area contributed by atoms with Crippen LogP contribution < -0.4 is 5.32 Å². The summed E-state index contributed by atoms with van der Waals surface area (Å²) < 4.78 is 0. The van der Waals surface area contributed by atoms with Crippen LogP contribution in [-0.4, -0.2) is 12.0 Å². The Morgan fingerprint density at radius 3 is 2.79 bits per heavy atom. The van der Waals surface area contributed by atoms with Crippen molar-refractivity contribution < 1.29 is 0 Å². The highest BCUT2D eigenvalue weighted by atomic mass is 14.8. The largest absolute Gasteiger partial charge is 0.316 e. The van der Waals surface area contributed by atoms with Crippen molar-refractivity contribution >= 4 is 0 Å². The van der Waals surface area contributed by atoms with Crippen molar-refractivity contribution in [2.24, 2.45) is 0 Å². The van der Waals surface area contributed by atoms with Crippen LogP contribution >= 0.6 is 0 Å². The van der Waals surface area contributed by atoms with E-state index in [0.29, 0.717) is 0 Å². The fraction of sp³-hybridized carbons (Fsp3) is 0.583. The molecule has 0 aromatic carbocycles. The molecule has 1 aliphatic rings. The van der Waals surface area contributed by atoms with Crippen LogP contribution in [0.1, 0.15) is 42.1 Å². The quantitative estimate of drug-likeness (QED) is 0.791. The molecule has 0 amide bonds. The monoisotopic (exact) mass is 190 g/mol. The molecule has 1 saturated carbocycles. The zero-order valence-corrected chi connectivity index (χ0v) is 9.01. The van der Waals surface area contributed by atoms with Gasteiger partial charge in [0.15, 0.2) is 0 Å². The minimum absolute atomic E-state index is 0.741. The fourth-order valence-corrected chi connectivity index (χ4v) is 1.99. The van der Waals surface area contributed by atoms with Crippen LogP contribution in [0.3, 0.4) is 0 Å². The Hall–Kier alpha value is -0.890. The van der Waals surface area contributed by atoms with E-state index < -0.39 is 0 Å². The predicted octanol–water partition coefficient (Wildman–Crippen LogP) is 2.38. The number of aryl methyl sites for hydroxylation is 1. The van der Waals surface area contributed by atoms with E-state index in [1.807, 2.05) is 7.05 Å². The summed E-state index contributed by atoms with van der Waals surface area (Å²) in [6.45, 7) is 3.03. The summed E-state index contributed by atoms with van der Waals surface area (Å²) in [6, 6.07) is 4.42. The molecule has 0 aliphatic heterocycles. The molecule has 1 N–H and O–H groups in total. The van der Waals surface area contributed by atoms with Crippen LogP contribution in [0.5, 0.6) is 0 Å². The number of hydrogen-bond acceptors (Lipinski definition) is 2. The zero-order valence-electron chi connectivity index (χ0n) is 9.01. The van der Waals surface area contributed by atoms with Crippen LogP contribution in [0, 0.1) is 6.92 Å². The average Bonchev–Trinajstić information content (AvgIpc) is 1.99. The zero-order chi connectivity index (χ0) is 9.97. The van der Waals surface area contributed by atoms with Gasteiger partial charge in [0.2, 0.25) is 0 Å². The molecular weight excluding hydrogens is 172 g/mol. The Kier molecular flexibility index (Phi) is 2.82. The molecule has 0 radical (unpaired) electrons. The summed E-state index contributed by atoms with van der Waals surface area (Å²) in [5, 5.41) is 3.19. The van der Waals surface area contributed by atoms with E-state index in [-0.39, 0.29) is 0 Å². The van der Waals surface area contributed by atoms with Crippen molar-refractivity contribution in [1.29, 1.82) is 0 Å². The molecule has 1 heterocycles. The van der Waals surface area contributed by atoms with Gasteiger partial charge in [0, 0.05) is 23.9 Å². The molecule has 2 heteroatoms. The molecule has 0 spiro atoms. The number of rotatable bonds is 3. The molecule has 0 bridgehead atoms. The molecule has 0 saturated heterocycles. The first-order valence-electron chi connectivity index (χ1n) is 5.41. The lowest BCUT2D eigenvalue weighted by molar-refractivity contribution is 0.410. The molecule has 2 nitrogen and oxygen atoms in total. The van der Waals surface area contributed by atoms with Gasteiger partial charge in [0.05, 0.1) is 0 Å². The highest BCUT2D eigenvalue weighted by Gasteiger charge is 2.21. The fourth-order valence-electron chi connectivity index (χ4n) is 1.99. The van der Waals surface area contributed by atoms with E-state index in [9.17, 15) is 0 Å². The van der Waals surface area contributed by atoms with E-state index in [1.165, 1.54) is 30.5 Å². The normalized spacial score (nSPS) is 16.7. The Morgan fingerprint density at radius 2 is 2.21 bits per heavy atom. The van der Waals surface area contributed by atoms with E-state index in [0.717, 1.165) is 18.2 Å². The number of hydrogen-bond donors (Lipinski definition) is 1.